The second-order valence-electron chi connectivity index (χ2n) is 4.81. The standard InChI is InChI=1S/C18H13BrFO/c1-12-9-17(21-11-13-5-3-2-4-6-13)16-10-14(20)7-8-15(16)18(12)19/h2-10H,1,11H2. The summed E-state index contributed by atoms with van der Waals surface area (Å²) in [5, 5.41) is 1.64. The third-order valence-corrected chi connectivity index (χ3v) is 4.24. The van der Waals surface area contributed by atoms with Crippen LogP contribution in [0.4, 0.5) is 4.39 Å². The van der Waals surface area contributed by atoms with Crippen molar-refractivity contribution in [1.82, 2.24) is 0 Å². The molecule has 3 aromatic rings. The van der Waals surface area contributed by atoms with Crippen LogP contribution in [0.2, 0.25) is 0 Å². The van der Waals surface area contributed by atoms with E-state index >= 15 is 0 Å². The second-order valence-corrected chi connectivity index (χ2v) is 5.60. The number of ether oxygens (including phenoxy) is 1. The average molecular weight is 344 g/mol. The quantitative estimate of drug-likeness (QED) is 0.609. The van der Waals surface area contributed by atoms with Crippen LogP contribution >= 0.6 is 15.9 Å². The van der Waals surface area contributed by atoms with Gasteiger partial charge < -0.3 is 4.74 Å². The zero-order valence-electron chi connectivity index (χ0n) is 11.3. The minimum Gasteiger partial charge on any atom is -0.488 e. The monoisotopic (exact) mass is 343 g/mol. The fraction of sp³-hybridized carbons (Fsp3) is 0.0556. The largest absolute Gasteiger partial charge is 0.488 e. The molecule has 0 bridgehead atoms. The van der Waals surface area contributed by atoms with Crippen molar-refractivity contribution in [2.75, 3.05) is 0 Å². The van der Waals surface area contributed by atoms with Gasteiger partial charge in [0.2, 0.25) is 0 Å². The smallest absolute Gasteiger partial charge is 0.128 e. The normalized spacial score (nSPS) is 10.8. The fourth-order valence-electron chi connectivity index (χ4n) is 2.24. The number of halogens is 2. The first kappa shape index (κ1) is 14.1. The van der Waals surface area contributed by atoms with E-state index < -0.39 is 0 Å². The van der Waals surface area contributed by atoms with Crippen LogP contribution in [0.3, 0.4) is 0 Å². The molecule has 0 amide bonds. The van der Waals surface area contributed by atoms with Crippen molar-refractivity contribution < 1.29 is 9.13 Å². The Balaban J connectivity index is 2.01. The SMILES string of the molecule is [CH2]c1cc(OCc2ccccc2)c2cc(F)ccc2c1Br. The third-order valence-electron chi connectivity index (χ3n) is 3.31. The zero-order chi connectivity index (χ0) is 14.8. The molecule has 0 saturated heterocycles. The predicted octanol–water partition coefficient (Wildman–Crippen LogP) is 5.50. The molecule has 0 aliphatic rings. The van der Waals surface area contributed by atoms with Gasteiger partial charge >= 0.3 is 0 Å². The van der Waals surface area contributed by atoms with Crippen LogP contribution in [0.5, 0.6) is 5.75 Å². The van der Waals surface area contributed by atoms with E-state index in [9.17, 15) is 4.39 Å². The summed E-state index contributed by atoms with van der Waals surface area (Å²) in [5.41, 5.74) is 1.88. The van der Waals surface area contributed by atoms with Crippen LogP contribution < -0.4 is 4.74 Å². The van der Waals surface area contributed by atoms with E-state index in [1.807, 2.05) is 36.4 Å². The highest BCUT2D eigenvalue weighted by Gasteiger charge is 2.10. The Labute approximate surface area is 131 Å². The van der Waals surface area contributed by atoms with Crippen molar-refractivity contribution in [3.8, 4) is 5.75 Å². The Hall–Kier alpha value is -1.87. The van der Waals surface area contributed by atoms with E-state index in [1.165, 1.54) is 12.1 Å². The van der Waals surface area contributed by atoms with Crippen molar-refractivity contribution in [3.05, 3.63) is 82.9 Å². The van der Waals surface area contributed by atoms with Gasteiger partial charge in [0.1, 0.15) is 18.2 Å². The third kappa shape index (κ3) is 2.93. The molecule has 0 fully saturated rings. The predicted molar refractivity (Wildman–Crippen MR) is 86.8 cm³/mol. The molecule has 0 saturated carbocycles. The lowest BCUT2D eigenvalue weighted by molar-refractivity contribution is 0.310. The molecule has 0 spiro atoms. The van der Waals surface area contributed by atoms with Gasteiger partial charge in [-0.05, 0) is 52.2 Å². The molecule has 21 heavy (non-hydrogen) atoms. The molecule has 0 aliphatic carbocycles. The highest BCUT2D eigenvalue weighted by atomic mass is 79.9. The van der Waals surface area contributed by atoms with Crippen LogP contribution in [-0.4, -0.2) is 0 Å². The lowest BCUT2D eigenvalue weighted by atomic mass is 10.1. The second kappa shape index (κ2) is 5.86. The van der Waals surface area contributed by atoms with Gasteiger partial charge in [-0.25, -0.2) is 4.39 Å². The Morgan fingerprint density at radius 1 is 1.00 bits per heavy atom. The molecule has 1 nitrogen and oxygen atoms in total. The van der Waals surface area contributed by atoms with Crippen molar-refractivity contribution in [1.29, 1.82) is 0 Å². The van der Waals surface area contributed by atoms with E-state index in [1.54, 1.807) is 6.07 Å². The number of rotatable bonds is 3. The molecular weight excluding hydrogens is 331 g/mol. The maximum atomic E-state index is 13.5. The van der Waals surface area contributed by atoms with Gasteiger partial charge in [-0.2, -0.15) is 0 Å². The van der Waals surface area contributed by atoms with E-state index in [4.69, 9.17) is 4.74 Å². The summed E-state index contributed by atoms with van der Waals surface area (Å²) < 4.78 is 20.3. The zero-order valence-corrected chi connectivity index (χ0v) is 12.9. The van der Waals surface area contributed by atoms with E-state index in [2.05, 4.69) is 22.9 Å². The van der Waals surface area contributed by atoms with E-state index in [0.717, 1.165) is 26.4 Å². The summed E-state index contributed by atoms with van der Waals surface area (Å²) in [6, 6.07) is 16.4. The number of hydrogen-bond donors (Lipinski definition) is 0. The van der Waals surface area contributed by atoms with Crippen LogP contribution in [0.1, 0.15) is 11.1 Å². The van der Waals surface area contributed by atoms with Gasteiger partial charge in [-0.3, -0.25) is 0 Å². The van der Waals surface area contributed by atoms with Crippen LogP contribution in [-0.2, 0) is 6.61 Å². The van der Waals surface area contributed by atoms with Crippen molar-refractivity contribution >= 4 is 26.7 Å². The summed E-state index contributed by atoms with van der Waals surface area (Å²) >= 11 is 3.50. The first-order chi connectivity index (χ1) is 10.1. The van der Waals surface area contributed by atoms with Gasteiger partial charge in [-0.1, -0.05) is 36.4 Å². The Morgan fingerprint density at radius 3 is 2.52 bits per heavy atom. The molecule has 3 heteroatoms. The molecule has 0 heterocycles. The Morgan fingerprint density at radius 2 is 1.76 bits per heavy atom. The highest BCUT2D eigenvalue weighted by molar-refractivity contribution is 9.10. The summed E-state index contributed by atoms with van der Waals surface area (Å²) in [7, 11) is 0. The van der Waals surface area contributed by atoms with Crippen molar-refractivity contribution in [2.45, 2.75) is 6.61 Å². The Bertz CT molecular complexity index is 784. The van der Waals surface area contributed by atoms with Crippen LogP contribution in [0.15, 0.2) is 59.1 Å². The van der Waals surface area contributed by atoms with Crippen LogP contribution in [0, 0.1) is 12.7 Å². The summed E-state index contributed by atoms with van der Waals surface area (Å²) in [6.07, 6.45) is 0. The maximum Gasteiger partial charge on any atom is 0.128 e. The molecule has 0 N–H and O–H groups in total. The molecule has 0 aliphatic heterocycles. The Kier molecular flexibility index (Phi) is 3.93. The highest BCUT2D eigenvalue weighted by Crippen LogP contribution is 2.35. The molecule has 0 unspecified atom stereocenters. The number of benzene rings is 3. The molecular formula is C18H13BrFO. The minimum absolute atomic E-state index is 0.282. The van der Waals surface area contributed by atoms with E-state index in [-0.39, 0.29) is 5.82 Å². The van der Waals surface area contributed by atoms with Gasteiger partial charge in [-0.15, -0.1) is 0 Å². The van der Waals surface area contributed by atoms with Crippen molar-refractivity contribution in [2.24, 2.45) is 0 Å². The maximum absolute atomic E-state index is 13.5. The lowest BCUT2D eigenvalue weighted by Gasteiger charge is -2.13. The van der Waals surface area contributed by atoms with Crippen LogP contribution in [0.25, 0.3) is 10.8 Å². The molecule has 3 rings (SSSR count). The topological polar surface area (TPSA) is 9.23 Å². The molecule has 0 atom stereocenters. The van der Waals surface area contributed by atoms with Crippen molar-refractivity contribution in [3.63, 3.8) is 0 Å². The molecule has 0 aromatic heterocycles. The van der Waals surface area contributed by atoms with E-state index in [0.29, 0.717) is 12.4 Å². The van der Waals surface area contributed by atoms with Gasteiger partial charge in [0, 0.05) is 15.2 Å². The fourth-order valence-corrected chi connectivity index (χ4v) is 2.70. The first-order valence-electron chi connectivity index (χ1n) is 6.55. The molecule has 3 aromatic carbocycles. The van der Waals surface area contributed by atoms with Gasteiger partial charge in [0.15, 0.2) is 0 Å². The van der Waals surface area contributed by atoms with Gasteiger partial charge in [0.25, 0.3) is 0 Å². The summed E-state index contributed by atoms with van der Waals surface area (Å²) in [4.78, 5) is 0. The van der Waals surface area contributed by atoms with Gasteiger partial charge in [0.05, 0.1) is 0 Å². The minimum atomic E-state index is -0.282. The molecule has 1 radical (unpaired) electrons. The first-order valence-corrected chi connectivity index (χ1v) is 7.35. The molecule has 105 valence electrons. The average Bonchev–Trinajstić information content (AvgIpc) is 2.50. The summed E-state index contributed by atoms with van der Waals surface area (Å²) in [5.74, 6) is 0.359. The summed E-state index contributed by atoms with van der Waals surface area (Å²) in [6.45, 7) is 4.43. The number of fused-ring (bicyclic) bond motifs is 1. The lowest BCUT2D eigenvalue weighted by Crippen LogP contribution is -1.97. The number of hydrogen-bond acceptors (Lipinski definition) is 1.